The van der Waals surface area contributed by atoms with Gasteiger partial charge in [0.2, 0.25) is 5.91 Å². The number of carbonyl (C=O) groups excluding carboxylic acids is 1. The van der Waals surface area contributed by atoms with Crippen molar-refractivity contribution in [3.63, 3.8) is 0 Å². The van der Waals surface area contributed by atoms with E-state index >= 15 is 0 Å². The van der Waals surface area contributed by atoms with Crippen molar-refractivity contribution in [3.8, 4) is 11.3 Å². The Labute approximate surface area is 148 Å². The molecule has 1 amide bonds. The SMILES string of the molecule is CC(=O)N[C@H]1CCN(c2ccnc(-c3ccc(C)c(F)c3)c2)C[C@@H]1C. The second-order valence-corrected chi connectivity index (χ2v) is 6.88. The van der Waals surface area contributed by atoms with Crippen LogP contribution in [0.25, 0.3) is 11.3 Å². The Hall–Kier alpha value is -2.43. The highest BCUT2D eigenvalue weighted by atomic mass is 19.1. The molecule has 0 radical (unpaired) electrons. The maximum atomic E-state index is 13.8. The van der Waals surface area contributed by atoms with Gasteiger partial charge in [-0.15, -0.1) is 0 Å². The van der Waals surface area contributed by atoms with Gasteiger partial charge in [-0.25, -0.2) is 4.39 Å². The van der Waals surface area contributed by atoms with Gasteiger partial charge in [-0.3, -0.25) is 9.78 Å². The van der Waals surface area contributed by atoms with Crippen LogP contribution in [0, 0.1) is 18.7 Å². The highest BCUT2D eigenvalue weighted by Crippen LogP contribution is 2.27. The van der Waals surface area contributed by atoms with Crippen LogP contribution in [0.4, 0.5) is 10.1 Å². The minimum absolute atomic E-state index is 0.0258. The summed E-state index contributed by atoms with van der Waals surface area (Å²) in [6.07, 6.45) is 2.69. The molecule has 0 unspecified atom stereocenters. The van der Waals surface area contributed by atoms with Crippen molar-refractivity contribution < 1.29 is 9.18 Å². The smallest absolute Gasteiger partial charge is 0.217 e. The Morgan fingerprint density at radius 3 is 2.80 bits per heavy atom. The number of amides is 1. The van der Waals surface area contributed by atoms with E-state index in [-0.39, 0.29) is 17.8 Å². The number of hydrogen-bond acceptors (Lipinski definition) is 3. The van der Waals surface area contributed by atoms with Crippen molar-refractivity contribution in [3.05, 3.63) is 47.9 Å². The lowest BCUT2D eigenvalue weighted by atomic mass is 9.93. The molecule has 2 aromatic rings. The molecule has 1 fully saturated rings. The summed E-state index contributed by atoms with van der Waals surface area (Å²) in [6.45, 7) is 7.22. The van der Waals surface area contributed by atoms with Crippen LogP contribution in [0.15, 0.2) is 36.5 Å². The average molecular weight is 341 g/mol. The minimum Gasteiger partial charge on any atom is -0.371 e. The Kier molecular flexibility index (Phi) is 5.02. The van der Waals surface area contributed by atoms with Crippen molar-refractivity contribution >= 4 is 11.6 Å². The number of pyridine rings is 1. The third kappa shape index (κ3) is 3.98. The summed E-state index contributed by atoms with van der Waals surface area (Å²) in [5.74, 6) is 0.179. The first-order chi connectivity index (χ1) is 11.9. The zero-order valence-electron chi connectivity index (χ0n) is 14.9. The molecule has 5 heteroatoms. The summed E-state index contributed by atoms with van der Waals surface area (Å²) in [5.41, 5.74) is 3.27. The molecular formula is C20H24FN3O. The molecule has 0 aliphatic carbocycles. The van der Waals surface area contributed by atoms with Crippen LogP contribution < -0.4 is 10.2 Å². The molecule has 0 saturated carbocycles. The fourth-order valence-electron chi connectivity index (χ4n) is 3.38. The predicted molar refractivity (Wildman–Crippen MR) is 98.0 cm³/mol. The number of nitrogens with one attached hydrogen (secondary N) is 1. The number of aromatic nitrogens is 1. The van der Waals surface area contributed by atoms with Crippen LogP contribution in [-0.4, -0.2) is 30.0 Å². The second kappa shape index (κ2) is 7.21. The molecule has 1 aliphatic rings. The third-order valence-electron chi connectivity index (χ3n) is 4.87. The fraction of sp³-hybridized carbons (Fsp3) is 0.400. The lowest BCUT2D eigenvalue weighted by Gasteiger charge is -2.38. The molecule has 1 saturated heterocycles. The molecule has 1 aliphatic heterocycles. The molecular weight excluding hydrogens is 317 g/mol. The van der Waals surface area contributed by atoms with E-state index < -0.39 is 0 Å². The van der Waals surface area contributed by atoms with Gasteiger partial charge in [-0.05, 0) is 43.0 Å². The van der Waals surface area contributed by atoms with Gasteiger partial charge in [0.1, 0.15) is 5.82 Å². The normalized spacial score (nSPS) is 20.4. The first-order valence-electron chi connectivity index (χ1n) is 8.68. The largest absolute Gasteiger partial charge is 0.371 e. The van der Waals surface area contributed by atoms with Crippen LogP contribution in [0.2, 0.25) is 0 Å². The van der Waals surface area contributed by atoms with E-state index in [1.54, 1.807) is 26.1 Å². The van der Waals surface area contributed by atoms with Crippen LogP contribution in [0.1, 0.15) is 25.8 Å². The summed E-state index contributed by atoms with van der Waals surface area (Å²) in [4.78, 5) is 18.0. The van der Waals surface area contributed by atoms with Crippen LogP contribution >= 0.6 is 0 Å². The first kappa shape index (κ1) is 17.4. The Morgan fingerprint density at radius 2 is 2.12 bits per heavy atom. The molecule has 25 heavy (non-hydrogen) atoms. The van der Waals surface area contributed by atoms with E-state index in [9.17, 15) is 9.18 Å². The molecule has 1 N–H and O–H groups in total. The summed E-state index contributed by atoms with van der Waals surface area (Å²) in [6, 6.07) is 9.43. The topological polar surface area (TPSA) is 45.2 Å². The van der Waals surface area contributed by atoms with E-state index in [2.05, 4.69) is 22.1 Å². The van der Waals surface area contributed by atoms with Gasteiger partial charge in [0.15, 0.2) is 0 Å². The van der Waals surface area contributed by atoms with Gasteiger partial charge < -0.3 is 10.2 Å². The van der Waals surface area contributed by atoms with E-state index in [0.29, 0.717) is 11.5 Å². The number of carbonyl (C=O) groups is 1. The zero-order chi connectivity index (χ0) is 18.0. The van der Waals surface area contributed by atoms with E-state index in [0.717, 1.165) is 36.5 Å². The standard InChI is InChI=1S/C20H24FN3O/c1-13-4-5-16(10-18(13)21)20-11-17(6-8-22-20)24-9-7-19(14(2)12-24)23-15(3)25/h4-6,8,10-11,14,19H,7,9,12H2,1-3H3,(H,23,25)/t14-,19-/m0/s1. The highest BCUT2D eigenvalue weighted by molar-refractivity contribution is 5.73. The van der Waals surface area contributed by atoms with Crippen molar-refractivity contribution in [2.24, 2.45) is 5.92 Å². The van der Waals surface area contributed by atoms with Crippen LogP contribution in [0.3, 0.4) is 0 Å². The number of hydrogen-bond donors (Lipinski definition) is 1. The molecule has 2 atom stereocenters. The lowest BCUT2D eigenvalue weighted by molar-refractivity contribution is -0.120. The first-order valence-corrected chi connectivity index (χ1v) is 8.68. The summed E-state index contributed by atoms with van der Waals surface area (Å²) < 4.78 is 13.8. The van der Waals surface area contributed by atoms with Crippen LogP contribution in [-0.2, 0) is 4.79 Å². The maximum Gasteiger partial charge on any atom is 0.217 e. The number of piperidine rings is 1. The van der Waals surface area contributed by atoms with E-state index in [1.165, 1.54) is 6.07 Å². The Bertz CT molecular complexity index is 777. The minimum atomic E-state index is -0.213. The molecule has 4 nitrogen and oxygen atoms in total. The van der Waals surface area contributed by atoms with Crippen LogP contribution in [0.5, 0.6) is 0 Å². The number of aryl methyl sites for hydroxylation is 1. The van der Waals surface area contributed by atoms with Crippen molar-refractivity contribution in [2.45, 2.75) is 33.2 Å². The summed E-state index contributed by atoms with van der Waals surface area (Å²) in [7, 11) is 0. The van der Waals surface area contributed by atoms with Gasteiger partial charge in [-0.2, -0.15) is 0 Å². The maximum absolute atomic E-state index is 13.8. The van der Waals surface area contributed by atoms with Gasteiger partial charge in [0.05, 0.1) is 5.69 Å². The highest BCUT2D eigenvalue weighted by Gasteiger charge is 2.26. The number of nitrogens with zero attached hydrogens (tertiary/aromatic N) is 2. The van der Waals surface area contributed by atoms with Gasteiger partial charge in [0.25, 0.3) is 0 Å². The monoisotopic (exact) mass is 341 g/mol. The fourth-order valence-corrected chi connectivity index (χ4v) is 3.38. The van der Waals surface area contributed by atoms with Crippen molar-refractivity contribution in [2.75, 3.05) is 18.0 Å². The van der Waals surface area contributed by atoms with Crippen molar-refractivity contribution in [1.29, 1.82) is 0 Å². The summed E-state index contributed by atoms with van der Waals surface area (Å²) >= 11 is 0. The molecule has 1 aromatic heterocycles. The Morgan fingerprint density at radius 1 is 1.32 bits per heavy atom. The number of benzene rings is 1. The van der Waals surface area contributed by atoms with Gasteiger partial charge in [0, 0.05) is 43.5 Å². The average Bonchev–Trinajstić information content (AvgIpc) is 2.59. The number of rotatable bonds is 3. The molecule has 2 heterocycles. The lowest BCUT2D eigenvalue weighted by Crippen LogP contribution is -2.49. The van der Waals surface area contributed by atoms with Gasteiger partial charge >= 0.3 is 0 Å². The molecule has 0 bridgehead atoms. The number of anilines is 1. The van der Waals surface area contributed by atoms with Crippen molar-refractivity contribution in [1.82, 2.24) is 10.3 Å². The Balaban J connectivity index is 1.78. The molecule has 0 spiro atoms. The van der Waals surface area contributed by atoms with E-state index in [1.807, 2.05) is 18.2 Å². The van der Waals surface area contributed by atoms with Gasteiger partial charge in [-0.1, -0.05) is 19.1 Å². The zero-order valence-corrected chi connectivity index (χ0v) is 14.9. The quantitative estimate of drug-likeness (QED) is 0.929. The van der Waals surface area contributed by atoms with E-state index in [4.69, 9.17) is 0 Å². The second-order valence-electron chi connectivity index (χ2n) is 6.88. The predicted octanol–water partition coefficient (Wildman–Crippen LogP) is 3.55. The summed E-state index contributed by atoms with van der Waals surface area (Å²) in [5, 5.41) is 3.03. The third-order valence-corrected chi connectivity index (χ3v) is 4.87. The molecule has 132 valence electrons. The molecule has 1 aromatic carbocycles. The molecule has 3 rings (SSSR count). The number of halogens is 1.